The van der Waals surface area contributed by atoms with E-state index in [2.05, 4.69) is 52.9 Å². The second-order valence-electron chi connectivity index (χ2n) is 11.4. The van der Waals surface area contributed by atoms with Gasteiger partial charge < -0.3 is 20.5 Å². The number of piperazine rings is 1. The van der Waals surface area contributed by atoms with Crippen molar-refractivity contribution in [2.24, 2.45) is 0 Å². The number of fused-ring (bicyclic) bond motifs is 2. The predicted octanol–water partition coefficient (Wildman–Crippen LogP) is 5.38. The van der Waals surface area contributed by atoms with Crippen molar-refractivity contribution >= 4 is 39.4 Å². The standard InChI is InChI=1S/C31H33F2N9/c1-40-10-12-41(13-11-40)22-6-8-23(9-7-22)42-17-25(28-29(34)36-18-37-30(28)42)19-2-4-21(5-3-19)38-31-35-16-24-26(33)14-20(32)15-27(24)39-31/h2-5,14-18,22-23H,6-13H2,1H3,(H2,34,36,37)(H,35,38,39)/t22-,23-. The lowest BCUT2D eigenvalue weighted by atomic mass is 9.89. The van der Waals surface area contributed by atoms with Crippen LogP contribution in [0, 0.1) is 11.6 Å². The van der Waals surface area contributed by atoms with Crippen molar-refractivity contribution in [1.82, 2.24) is 34.3 Å². The molecule has 11 heteroatoms. The number of nitrogens with zero attached hydrogens (tertiary/aromatic N) is 7. The van der Waals surface area contributed by atoms with Crippen molar-refractivity contribution in [2.75, 3.05) is 44.3 Å². The molecule has 42 heavy (non-hydrogen) atoms. The lowest BCUT2D eigenvalue weighted by molar-refractivity contribution is 0.0828. The molecule has 2 fully saturated rings. The summed E-state index contributed by atoms with van der Waals surface area (Å²) in [5.74, 6) is -0.654. The van der Waals surface area contributed by atoms with E-state index in [0.717, 1.165) is 72.9 Å². The van der Waals surface area contributed by atoms with Gasteiger partial charge in [0.15, 0.2) is 0 Å². The van der Waals surface area contributed by atoms with Crippen LogP contribution in [0.1, 0.15) is 31.7 Å². The second-order valence-corrected chi connectivity index (χ2v) is 11.4. The first kappa shape index (κ1) is 26.7. The molecule has 1 saturated carbocycles. The van der Waals surface area contributed by atoms with E-state index in [1.54, 1.807) is 6.33 Å². The van der Waals surface area contributed by atoms with Crippen LogP contribution in [-0.2, 0) is 0 Å². The molecular weight excluding hydrogens is 536 g/mol. The molecule has 0 amide bonds. The third kappa shape index (κ3) is 5.03. The first-order chi connectivity index (χ1) is 20.4. The molecule has 3 N–H and O–H groups in total. The molecule has 0 unspecified atom stereocenters. The lowest BCUT2D eigenvalue weighted by Crippen LogP contribution is -2.49. The average Bonchev–Trinajstić information content (AvgIpc) is 3.39. The Morgan fingerprint density at radius 3 is 2.40 bits per heavy atom. The van der Waals surface area contributed by atoms with Crippen molar-refractivity contribution in [3.05, 3.63) is 66.8 Å². The Balaban J connectivity index is 1.12. The van der Waals surface area contributed by atoms with Gasteiger partial charge in [0, 0.05) is 74.0 Å². The van der Waals surface area contributed by atoms with Gasteiger partial charge in [-0.15, -0.1) is 0 Å². The van der Waals surface area contributed by atoms with Crippen LogP contribution in [0.3, 0.4) is 0 Å². The Bertz CT molecular complexity index is 1740. The van der Waals surface area contributed by atoms with Crippen molar-refractivity contribution < 1.29 is 8.78 Å². The zero-order valence-electron chi connectivity index (χ0n) is 23.5. The number of rotatable bonds is 5. The summed E-state index contributed by atoms with van der Waals surface area (Å²) in [6, 6.07) is 10.9. The molecule has 1 saturated heterocycles. The van der Waals surface area contributed by atoms with Gasteiger partial charge in [-0.05, 0) is 50.4 Å². The molecule has 1 aliphatic heterocycles. The number of aromatic nitrogens is 5. The third-order valence-electron chi connectivity index (χ3n) is 8.82. The zero-order chi connectivity index (χ0) is 28.8. The highest BCUT2D eigenvalue weighted by atomic mass is 19.1. The van der Waals surface area contributed by atoms with E-state index >= 15 is 0 Å². The number of benzene rings is 2. The molecule has 2 aromatic carbocycles. The summed E-state index contributed by atoms with van der Waals surface area (Å²) < 4.78 is 30.0. The number of likely N-dealkylation sites (N-methyl/N-ethyl adjacent to an activating group) is 1. The average molecular weight is 570 g/mol. The van der Waals surface area contributed by atoms with Crippen molar-refractivity contribution in [2.45, 2.75) is 37.8 Å². The van der Waals surface area contributed by atoms with Gasteiger partial charge in [0.1, 0.15) is 29.4 Å². The van der Waals surface area contributed by atoms with Gasteiger partial charge >= 0.3 is 0 Å². The zero-order valence-corrected chi connectivity index (χ0v) is 23.5. The fourth-order valence-electron chi connectivity index (χ4n) is 6.48. The lowest BCUT2D eigenvalue weighted by Gasteiger charge is -2.41. The number of anilines is 3. The topological polar surface area (TPSA) is 101 Å². The summed E-state index contributed by atoms with van der Waals surface area (Å²) in [4.78, 5) is 22.5. The minimum Gasteiger partial charge on any atom is -0.383 e. The van der Waals surface area contributed by atoms with Gasteiger partial charge in [-0.2, -0.15) is 0 Å². The maximum absolute atomic E-state index is 14.0. The molecule has 0 atom stereocenters. The van der Waals surface area contributed by atoms with Gasteiger partial charge in [-0.25, -0.2) is 28.7 Å². The minimum absolute atomic E-state index is 0.168. The van der Waals surface area contributed by atoms with Crippen LogP contribution in [0.2, 0.25) is 0 Å². The summed E-state index contributed by atoms with van der Waals surface area (Å²) in [5.41, 5.74) is 10.2. The largest absolute Gasteiger partial charge is 0.383 e. The van der Waals surface area contributed by atoms with E-state index in [4.69, 9.17) is 5.73 Å². The molecule has 0 radical (unpaired) electrons. The van der Waals surface area contributed by atoms with Gasteiger partial charge in [0.2, 0.25) is 5.95 Å². The van der Waals surface area contributed by atoms with E-state index < -0.39 is 11.6 Å². The Morgan fingerprint density at radius 1 is 0.905 bits per heavy atom. The van der Waals surface area contributed by atoms with Crippen LogP contribution in [0.4, 0.5) is 26.2 Å². The Labute approximate surface area is 242 Å². The number of nitrogen functional groups attached to an aromatic ring is 1. The molecule has 4 heterocycles. The second kappa shape index (κ2) is 10.9. The quantitative estimate of drug-likeness (QED) is 0.291. The van der Waals surface area contributed by atoms with E-state index in [1.807, 2.05) is 24.3 Å². The fourth-order valence-corrected chi connectivity index (χ4v) is 6.48. The van der Waals surface area contributed by atoms with Crippen LogP contribution in [0.5, 0.6) is 0 Å². The molecule has 7 rings (SSSR count). The summed E-state index contributed by atoms with van der Waals surface area (Å²) in [5, 5.41) is 4.15. The fraction of sp³-hybridized carbons (Fsp3) is 0.355. The van der Waals surface area contributed by atoms with E-state index in [9.17, 15) is 8.78 Å². The molecular formula is C31H33F2N9. The molecule has 1 aliphatic carbocycles. The summed E-state index contributed by atoms with van der Waals surface area (Å²) in [6.07, 6.45) is 9.64. The van der Waals surface area contributed by atoms with Gasteiger partial charge in [0.25, 0.3) is 0 Å². The van der Waals surface area contributed by atoms with Crippen LogP contribution < -0.4 is 11.1 Å². The Morgan fingerprint density at radius 2 is 1.64 bits per heavy atom. The van der Waals surface area contributed by atoms with E-state index in [1.165, 1.54) is 25.1 Å². The Hall–Kier alpha value is -4.22. The van der Waals surface area contributed by atoms with Gasteiger partial charge in [0.05, 0.1) is 16.3 Å². The highest BCUT2D eigenvalue weighted by Crippen LogP contribution is 2.39. The normalized spacial score (nSPS) is 20.4. The van der Waals surface area contributed by atoms with Crippen LogP contribution in [0.15, 0.2) is 55.1 Å². The molecule has 216 valence electrons. The summed E-state index contributed by atoms with van der Waals surface area (Å²) in [6.45, 7) is 4.60. The molecule has 9 nitrogen and oxygen atoms in total. The SMILES string of the molecule is CN1CCN([C@H]2CC[C@H](n3cc(-c4ccc(Nc5ncc6c(F)cc(F)cc6n5)cc4)c4c(N)ncnc43)CC2)CC1. The minimum atomic E-state index is -0.689. The highest BCUT2D eigenvalue weighted by Gasteiger charge is 2.30. The van der Waals surface area contributed by atoms with Crippen molar-refractivity contribution in [3.63, 3.8) is 0 Å². The monoisotopic (exact) mass is 569 g/mol. The maximum Gasteiger partial charge on any atom is 0.227 e. The number of nitrogens with one attached hydrogen (secondary N) is 1. The number of hydrogen-bond donors (Lipinski definition) is 2. The number of nitrogens with two attached hydrogens (primary N) is 1. The van der Waals surface area contributed by atoms with Crippen LogP contribution in [0.25, 0.3) is 33.1 Å². The smallest absolute Gasteiger partial charge is 0.227 e. The molecule has 5 aromatic rings. The Kier molecular flexibility index (Phi) is 6.91. The summed E-state index contributed by atoms with van der Waals surface area (Å²) >= 11 is 0. The molecule has 3 aromatic heterocycles. The first-order valence-electron chi connectivity index (χ1n) is 14.5. The third-order valence-corrected chi connectivity index (χ3v) is 8.82. The maximum atomic E-state index is 14.0. The first-order valence-corrected chi connectivity index (χ1v) is 14.5. The number of hydrogen-bond acceptors (Lipinski definition) is 8. The van der Waals surface area contributed by atoms with E-state index in [0.29, 0.717) is 17.9 Å². The van der Waals surface area contributed by atoms with Gasteiger partial charge in [-0.1, -0.05) is 12.1 Å². The van der Waals surface area contributed by atoms with Gasteiger partial charge in [-0.3, -0.25) is 4.90 Å². The van der Waals surface area contributed by atoms with Crippen LogP contribution in [-0.4, -0.2) is 73.6 Å². The van der Waals surface area contributed by atoms with Crippen molar-refractivity contribution in [3.8, 4) is 11.1 Å². The van der Waals surface area contributed by atoms with Crippen LogP contribution >= 0.6 is 0 Å². The molecule has 0 spiro atoms. The van der Waals surface area contributed by atoms with E-state index in [-0.39, 0.29) is 16.9 Å². The summed E-state index contributed by atoms with van der Waals surface area (Å²) in [7, 11) is 2.20. The predicted molar refractivity (Wildman–Crippen MR) is 160 cm³/mol. The van der Waals surface area contributed by atoms with Crippen molar-refractivity contribution in [1.29, 1.82) is 0 Å². The molecule has 2 aliphatic rings. The highest BCUT2D eigenvalue weighted by molar-refractivity contribution is 6.00. The molecule has 0 bridgehead atoms. The number of halogens is 2.